The minimum absolute atomic E-state index is 0. The van der Waals surface area contributed by atoms with E-state index < -0.39 is 5.60 Å². The largest absolute Gasteiger partial charge is 0.490 e. The van der Waals surface area contributed by atoms with Gasteiger partial charge in [-0.1, -0.05) is 7.43 Å². The maximum atomic E-state index is 12.1. The first-order valence-electron chi connectivity index (χ1n) is 15.8. The molecule has 2 saturated carbocycles. The smallest absolute Gasteiger partial charge is 0.410 e. The Kier molecular flexibility index (Phi) is 11.8. The maximum absolute atomic E-state index is 12.1. The molecule has 0 spiro atoms. The van der Waals surface area contributed by atoms with Crippen LogP contribution < -0.4 is 14.8 Å². The van der Waals surface area contributed by atoms with Gasteiger partial charge in [-0.15, -0.1) is 0 Å². The molecule has 0 unspecified atom stereocenters. The summed E-state index contributed by atoms with van der Waals surface area (Å²) < 4.78 is 17.0. The molecule has 10 heteroatoms. The fourth-order valence-corrected chi connectivity index (χ4v) is 5.77. The van der Waals surface area contributed by atoms with E-state index in [2.05, 4.69) is 21.4 Å². The quantitative estimate of drug-likeness (QED) is 0.307. The minimum Gasteiger partial charge on any atom is -0.490 e. The number of aliphatic hydroxyl groups is 2. The first-order chi connectivity index (χ1) is 20.7. The highest BCUT2D eigenvalue weighted by molar-refractivity contribution is 5.69. The van der Waals surface area contributed by atoms with Crippen LogP contribution in [-0.2, 0) is 4.74 Å². The lowest BCUT2D eigenvalue weighted by molar-refractivity contribution is -0.0141. The predicted molar refractivity (Wildman–Crippen MR) is 169 cm³/mol. The van der Waals surface area contributed by atoms with Gasteiger partial charge in [-0.2, -0.15) is 0 Å². The average molecular weight is 613 g/mol. The summed E-state index contributed by atoms with van der Waals surface area (Å²) in [6.07, 6.45) is 13.2. The van der Waals surface area contributed by atoms with Gasteiger partial charge in [-0.25, -0.2) is 4.79 Å². The van der Waals surface area contributed by atoms with E-state index in [1.807, 2.05) is 39.2 Å². The van der Waals surface area contributed by atoms with Crippen molar-refractivity contribution in [2.75, 3.05) is 39.5 Å². The van der Waals surface area contributed by atoms with Crippen LogP contribution in [-0.4, -0.2) is 88.4 Å². The Hall–Kier alpha value is -2.95. The zero-order chi connectivity index (χ0) is 30.4. The Balaban J connectivity index is 0.000000206. The molecule has 4 fully saturated rings. The van der Waals surface area contributed by atoms with Gasteiger partial charge in [0.2, 0.25) is 0 Å². The summed E-state index contributed by atoms with van der Waals surface area (Å²) in [5.74, 6) is 3.89. The topological polar surface area (TPSA) is 126 Å². The molecule has 1 amide bonds. The summed E-state index contributed by atoms with van der Waals surface area (Å²) in [5.41, 5.74) is 1.95. The molecular formula is C34H52N4O6. The van der Waals surface area contributed by atoms with Crippen LogP contribution in [0.1, 0.15) is 89.7 Å². The molecule has 4 aliphatic rings. The molecule has 2 aromatic rings. The van der Waals surface area contributed by atoms with E-state index in [9.17, 15) is 4.79 Å². The minimum atomic E-state index is -0.480. The van der Waals surface area contributed by atoms with Gasteiger partial charge in [0.1, 0.15) is 30.3 Å². The third-order valence-electron chi connectivity index (χ3n) is 8.76. The average Bonchev–Trinajstić information content (AvgIpc) is 3.84. The van der Waals surface area contributed by atoms with Crippen LogP contribution >= 0.6 is 0 Å². The van der Waals surface area contributed by atoms with Crippen molar-refractivity contribution in [1.82, 2.24) is 20.2 Å². The molecule has 6 rings (SSSR count). The summed E-state index contributed by atoms with van der Waals surface area (Å²) in [5, 5.41) is 21.3. The van der Waals surface area contributed by atoms with Crippen molar-refractivity contribution in [3.63, 3.8) is 0 Å². The van der Waals surface area contributed by atoms with Crippen LogP contribution in [0.3, 0.4) is 0 Å². The van der Waals surface area contributed by atoms with Crippen LogP contribution in [0.25, 0.3) is 0 Å². The number of nitrogens with zero attached hydrogens (tertiary/aromatic N) is 3. The summed E-state index contributed by atoms with van der Waals surface area (Å²) in [6.45, 7) is 9.15. The zero-order valence-corrected chi connectivity index (χ0v) is 25.8. The predicted octanol–water partition coefficient (Wildman–Crippen LogP) is 4.90. The summed E-state index contributed by atoms with van der Waals surface area (Å²) >= 11 is 0. The molecule has 0 aromatic carbocycles. The molecule has 0 bridgehead atoms. The number of likely N-dealkylation sites (tertiary alicyclic amines) is 1. The fraction of sp³-hybridized carbons (Fsp3) is 0.676. The standard InChI is InChI=1S/C19H28N2O4.C14H20N2O2.CH4/c1-19(2,3)25-18(23)21-6-4-15(21)12-24-16-8-14(10-20-11-16)17-9-13(17)5-7-22;17-4-2-10-6-14(10)11-5-13(8-15-7-11)18-9-12-1-3-16-12;/h8,10-11,13,15,17,22H,4-7,9,12H2,1-3H3;5,7-8,10,12,14,16-17H,1-4,6,9H2;1H4/t13-,15-,17-;10-,12-,14-;/m00./s1. The molecule has 6 atom stereocenters. The number of aromatic nitrogens is 2. The van der Waals surface area contributed by atoms with Gasteiger partial charge in [-0.05, 0) is 113 Å². The van der Waals surface area contributed by atoms with Gasteiger partial charge in [0, 0.05) is 38.2 Å². The van der Waals surface area contributed by atoms with Crippen molar-refractivity contribution in [1.29, 1.82) is 0 Å². The SMILES string of the molecule is C.CC(C)(C)OC(=O)N1CC[C@H]1COc1cncc([C@H]2C[C@@H]2CCO)c1.OCC[C@H]1C[C@@H]1c1cncc(OC[C@@H]2CCN2)c1. The number of aliphatic hydroxyl groups excluding tert-OH is 2. The molecule has 2 saturated heterocycles. The number of rotatable bonds is 12. The number of carbonyl (C=O) groups excluding carboxylic acids is 1. The molecule has 10 nitrogen and oxygen atoms in total. The van der Waals surface area contributed by atoms with Crippen LogP contribution in [0.2, 0.25) is 0 Å². The second-order valence-corrected chi connectivity index (χ2v) is 13.3. The molecule has 4 heterocycles. The van der Waals surface area contributed by atoms with Crippen molar-refractivity contribution < 1.29 is 29.2 Å². The van der Waals surface area contributed by atoms with Crippen molar-refractivity contribution in [3.05, 3.63) is 48.0 Å². The lowest BCUT2D eigenvalue weighted by Gasteiger charge is -2.40. The van der Waals surface area contributed by atoms with E-state index in [0.29, 0.717) is 42.9 Å². The lowest BCUT2D eigenvalue weighted by atomic mass is 10.1. The van der Waals surface area contributed by atoms with Crippen LogP contribution in [0, 0.1) is 11.8 Å². The van der Waals surface area contributed by atoms with Gasteiger partial charge >= 0.3 is 6.09 Å². The second kappa shape index (κ2) is 15.4. The van der Waals surface area contributed by atoms with Crippen LogP contribution in [0.15, 0.2) is 36.9 Å². The zero-order valence-electron chi connectivity index (χ0n) is 25.8. The van der Waals surface area contributed by atoms with E-state index in [1.54, 1.807) is 17.3 Å². The van der Waals surface area contributed by atoms with E-state index in [4.69, 9.17) is 24.4 Å². The summed E-state index contributed by atoms with van der Waals surface area (Å²) in [6, 6.07) is 4.71. The maximum Gasteiger partial charge on any atom is 0.410 e. The normalized spacial score (nSPS) is 26.5. The van der Waals surface area contributed by atoms with Crippen LogP contribution in [0.5, 0.6) is 11.5 Å². The van der Waals surface area contributed by atoms with E-state index >= 15 is 0 Å². The van der Waals surface area contributed by atoms with Crippen molar-refractivity contribution in [2.45, 2.75) is 96.2 Å². The van der Waals surface area contributed by atoms with Gasteiger partial charge < -0.3 is 34.6 Å². The Morgan fingerprint density at radius 2 is 1.45 bits per heavy atom. The second-order valence-electron chi connectivity index (χ2n) is 13.3. The van der Waals surface area contributed by atoms with Crippen molar-refractivity contribution in [2.24, 2.45) is 11.8 Å². The molecular weight excluding hydrogens is 560 g/mol. The molecule has 2 aromatic heterocycles. The Labute approximate surface area is 262 Å². The number of amides is 1. The van der Waals surface area contributed by atoms with Gasteiger partial charge in [-0.3, -0.25) is 9.97 Å². The van der Waals surface area contributed by atoms with Gasteiger partial charge in [0.05, 0.1) is 18.4 Å². The van der Waals surface area contributed by atoms with Gasteiger partial charge in [0.25, 0.3) is 0 Å². The van der Waals surface area contributed by atoms with Crippen molar-refractivity contribution >= 4 is 6.09 Å². The monoisotopic (exact) mass is 612 g/mol. The third kappa shape index (κ3) is 9.52. The summed E-state index contributed by atoms with van der Waals surface area (Å²) in [7, 11) is 0. The highest BCUT2D eigenvalue weighted by Crippen LogP contribution is 2.50. The van der Waals surface area contributed by atoms with E-state index in [1.165, 1.54) is 24.0 Å². The van der Waals surface area contributed by atoms with E-state index in [-0.39, 0.29) is 32.8 Å². The van der Waals surface area contributed by atoms with Crippen LogP contribution in [0.4, 0.5) is 4.79 Å². The Morgan fingerprint density at radius 3 is 1.89 bits per heavy atom. The Bertz CT molecular complexity index is 1200. The third-order valence-corrected chi connectivity index (χ3v) is 8.76. The molecule has 3 N–H and O–H groups in total. The molecule has 2 aliphatic carbocycles. The molecule has 244 valence electrons. The molecule has 0 radical (unpaired) electrons. The van der Waals surface area contributed by atoms with Gasteiger partial charge in [0.15, 0.2) is 0 Å². The highest BCUT2D eigenvalue weighted by Gasteiger charge is 2.39. The highest BCUT2D eigenvalue weighted by atomic mass is 16.6. The fourth-order valence-electron chi connectivity index (χ4n) is 5.77. The molecule has 44 heavy (non-hydrogen) atoms. The summed E-state index contributed by atoms with van der Waals surface area (Å²) in [4.78, 5) is 22.4. The van der Waals surface area contributed by atoms with E-state index in [0.717, 1.165) is 50.3 Å². The Morgan fingerprint density at radius 1 is 0.909 bits per heavy atom. The number of pyridine rings is 2. The first-order valence-corrected chi connectivity index (χ1v) is 15.8. The number of carbonyl (C=O) groups is 1. The number of ether oxygens (including phenoxy) is 3. The number of hydrogen-bond acceptors (Lipinski definition) is 9. The molecule has 2 aliphatic heterocycles. The lowest BCUT2D eigenvalue weighted by Crippen LogP contribution is -2.55. The first kappa shape index (κ1) is 33.9. The number of nitrogens with one attached hydrogen (secondary N) is 1. The number of hydrogen-bond donors (Lipinski definition) is 3. The van der Waals surface area contributed by atoms with Crippen molar-refractivity contribution in [3.8, 4) is 11.5 Å².